The second-order valence-corrected chi connectivity index (χ2v) is 6.05. The Morgan fingerprint density at radius 1 is 1.20 bits per heavy atom. The molecule has 130 valence electrons. The number of pyridine rings is 1. The summed E-state index contributed by atoms with van der Waals surface area (Å²) in [7, 11) is 3.74. The normalized spacial score (nSPS) is 15.0. The van der Waals surface area contributed by atoms with Gasteiger partial charge in [-0.1, -0.05) is 0 Å². The second-order valence-electron chi connectivity index (χ2n) is 6.05. The first-order chi connectivity index (χ1) is 12.1. The molecule has 3 heterocycles. The highest BCUT2D eigenvalue weighted by Crippen LogP contribution is 2.18. The zero-order valence-electron chi connectivity index (χ0n) is 14.4. The smallest absolute Gasteiger partial charge is 0.229 e. The highest BCUT2D eigenvalue weighted by atomic mass is 15.3. The van der Waals surface area contributed by atoms with Gasteiger partial charge in [-0.3, -0.25) is 4.90 Å². The maximum absolute atomic E-state index is 9.23. The predicted molar refractivity (Wildman–Crippen MR) is 95.0 cm³/mol. The van der Waals surface area contributed by atoms with Gasteiger partial charge >= 0.3 is 0 Å². The number of rotatable bonds is 4. The number of piperazine rings is 1. The van der Waals surface area contributed by atoms with Crippen LogP contribution in [0.2, 0.25) is 0 Å². The zero-order chi connectivity index (χ0) is 17.8. The minimum Gasteiger partial charge on any atom is -0.368 e. The molecular formula is C16H21N9. The maximum atomic E-state index is 9.23. The lowest BCUT2D eigenvalue weighted by Gasteiger charge is -2.35. The van der Waals surface area contributed by atoms with Crippen molar-refractivity contribution in [3.05, 3.63) is 29.7 Å². The Hall–Kier alpha value is -2.99. The van der Waals surface area contributed by atoms with Crippen molar-refractivity contribution in [1.82, 2.24) is 24.8 Å². The summed E-state index contributed by atoms with van der Waals surface area (Å²) in [6, 6.07) is 5.78. The van der Waals surface area contributed by atoms with Crippen LogP contribution in [0.25, 0.3) is 0 Å². The second kappa shape index (κ2) is 7.27. The molecule has 0 bridgehead atoms. The third-order valence-electron chi connectivity index (χ3n) is 4.03. The molecule has 9 heteroatoms. The lowest BCUT2D eigenvalue weighted by molar-refractivity contribution is 0.243. The summed E-state index contributed by atoms with van der Waals surface area (Å²) in [5, 5.41) is 9.23. The SMILES string of the molecule is CN(C)c1nc(N)nc(CN2CCN(c3ncccc3C#N)CC2)n1. The van der Waals surface area contributed by atoms with E-state index in [1.54, 1.807) is 18.3 Å². The van der Waals surface area contributed by atoms with Gasteiger partial charge in [0.2, 0.25) is 11.9 Å². The van der Waals surface area contributed by atoms with Gasteiger partial charge in [-0.2, -0.15) is 20.2 Å². The fourth-order valence-corrected chi connectivity index (χ4v) is 2.75. The van der Waals surface area contributed by atoms with Crippen molar-refractivity contribution in [2.24, 2.45) is 0 Å². The van der Waals surface area contributed by atoms with Crippen LogP contribution in [-0.4, -0.2) is 65.1 Å². The molecule has 1 fully saturated rings. The Balaban J connectivity index is 1.64. The quantitative estimate of drug-likeness (QED) is 0.829. The van der Waals surface area contributed by atoms with E-state index < -0.39 is 0 Å². The van der Waals surface area contributed by atoms with E-state index in [0.717, 1.165) is 32.0 Å². The number of nitrogens with two attached hydrogens (primary N) is 1. The number of nitrogen functional groups attached to an aromatic ring is 1. The Bertz CT molecular complexity index is 775. The van der Waals surface area contributed by atoms with Crippen LogP contribution in [0.15, 0.2) is 18.3 Å². The number of nitrogens with zero attached hydrogens (tertiary/aromatic N) is 8. The van der Waals surface area contributed by atoms with E-state index in [1.165, 1.54) is 0 Å². The van der Waals surface area contributed by atoms with Crippen LogP contribution in [0.4, 0.5) is 17.7 Å². The molecule has 2 aromatic heterocycles. The summed E-state index contributed by atoms with van der Waals surface area (Å²) >= 11 is 0. The minimum atomic E-state index is 0.236. The third kappa shape index (κ3) is 3.92. The summed E-state index contributed by atoms with van der Waals surface area (Å²) in [5.74, 6) is 2.22. The molecule has 0 radical (unpaired) electrons. The highest BCUT2D eigenvalue weighted by molar-refractivity contribution is 5.53. The molecular weight excluding hydrogens is 318 g/mol. The largest absolute Gasteiger partial charge is 0.368 e. The summed E-state index contributed by atoms with van der Waals surface area (Å²) in [5.41, 5.74) is 6.39. The van der Waals surface area contributed by atoms with Crippen LogP contribution in [0.5, 0.6) is 0 Å². The molecule has 0 atom stereocenters. The molecule has 0 spiro atoms. The fourth-order valence-electron chi connectivity index (χ4n) is 2.75. The highest BCUT2D eigenvalue weighted by Gasteiger charge is 2.21. The summed E-state index contributed by atoms with van der Waals surface area (Å²) in [6.07, 6.45) is 1.72. The molecule has 9 nitrogen and oxygen atoms in total. The molecule has 0 aliphatic carbocycles. The monoisotopic (exact) mass is 339 g/mol. The minimum absolute atomic E-state index is 0.236. The van der Waals surface area contributed by atoms with E-state index in [9.17, 15) is 5.26 Å². The Labute approximate surface area is 146 Å². The van der Waals surface area contributed by atoms with Gasteiger partial charge in [-0.05, 0) is 12.1 Å². The molecule has 0 saturated carbocycles. The van der Waals surface area contributed by atoms with Gasteiger partial charge < -0.3 is 15.5 Å². The van der Waals surface area contributed by atoms with Gasteiger partial charge in [0.05, 0.1) is 12.1 Å². The van der Waals surface area contributed by atoms with Crippen LogP contribution in [0.1, 0.15) is 11.4 Å². The topological polar surface area (TPSA) is 111 Å². The van der Waals surface area contributed by atoms with Crippen molar-refractivity contribution in [1.29, 1.82) is 5.26 Å². The number of hydrogen-bond donors (Lipinski definition) is 1. The molecule has 25 heavy (non-hydrogen) atoms. The van der Waals surface area contributed by atoms with Gasteiger partial charge in [-0.25, -0.2) is 4.98 Å². The summed E-state index contributed by atoms with van der Waals surface area (Å²) in [4.78, 5) is 23.4. The number of nitriles is 1. The van der Waals surface area contributed by atoms with Gasteiger partial charge in [0.1, 0.15) is 17.7 Å². The molecule has 1 saturated heterocycles. The molecule has 0 unspecified atom stereocenters. The van der Waals surface area contributed by atoms with E-state index in [4.69, 9.17) is 5.73 Å². The van der Waals surface area contributed by atoms with Crippen molar-refractivity contribution in [2.75, 3.05) is 55.8 Å². The first kappa shape index (κ1) is 16.9. The number of aromatic nitrogens is 4. The van der Waals surface area contributed by atoms with Crippen molar-refractivity contribution in [3.8, 4) is 6.07 Å². The van der Waals surface area contributed by atoms with Crippen LogP contribution >= 0.6 is 0 Å². The molecule has 0 aromatic carbocycles. The van der Waals surface area contributed by atoms with Gasteiger partial charge in [0.25, 0.3) is 0 Å². The van der Waals surface area contributed by atoms with E-state index in [2.05, 4.69) is 35.8 Å². The van der Waals surface area contributed by atoms with Crippen molar-refractivity contribution < 1.29 is 0 Å². The maximum Gasteiger partial charge on any atom is 0.229 e. The van der Waals surface area contributed by atoms with Gasteiger partial charge in [0, 0.05) is 46.5 Å². The van der Waals surface area contributed by atoms with E-state index >= 15 is 0 Å². The van der Waals surface area contributed by atoms with Crippen LogP contribution < -0.4 is 15.5 Å². The van der Waals surface area contributed by atoms with Crippen molar-refractivity contribution in [2.45, 2.75) is 6.54 Å². The number of hydrogen-bond acceptors (Lipinski definition) is 9. The van der Waals surface area contributed by atoms with E-state index in [1.807, 2.05) is 19.0 Å². The zero-order valence-corrected chi connectivity index (χ0v) is 14.4. The first-order valence-electron chi connectivity index (χ1n) is 8.07. The molecule has 1 aliphatic rings. The third-order valence-corrected chi connectivity index (χ3v) is 4.03. The number of anilines is 3. The fraction of sp³-hybridized carbons (Fsp3) is 0.438. The van der Waals surface area contributed by atoms with Gasteiger partial charge in [-0.15, -0.1) is 0 Å². The Kier molecular flexibility index (Phi) is 4.90. The van der Waals surface area contributed by atoms with Gasteiger partial charge in [0.15, 0.2) is 0 Å². The van der Waals surface area contributed by atoms with Crippen molar-refractivity contribution >= 4 is 17.7 Å². The van der Waals surface area contributed by atoms with Crippen LogP contribution in [-0.2, 0) is 6.54 Å². The van der Waals surface area contributed by atoms with Crippen molar-refractivity contribution in [3.63, 3.8) is 0 Å². The molecule has 2 N–H and O–H groups in total. The molecule has 3 rings (SSSR count). The van der Waals surface area contributed by atoms with Crippen LogP contribution in [0, 0.1) is 11.3 Å². The average Bonchev–Trinajstić information content (AvgIpc) is 2.62. The molecule has 1 aliphatic heterocycles. The molecule has 0 amide bonds. The lowest BCUT2D eigenvalue weighted by Crippen LogP contribution is -2.46. The predicted octanol–water partition coefficient (Wildman–Crippen LogP) is 0.109. The standard InChI is InChI=1S/C16H21N9/c1-23(2)16-21-13(20-15(18)22-16)11-24-6-8-25(9-7-24)14-12(10-17)4-3-5-19-14/h3-5H,6-9,11H2,1-2H3,(H2,18,20,21,22). The summed E-state index contributed by atoms with van der Waals surface area (Å²) in [6.45, 7) is 3.89. The van der Waals surface area contributed by atoms with E-state index in [0.29, 0.717) is 23.9 Å². The average molecular weight is 339 g/mol. The Morgan fingerprint density at radius 2 is 1.96 bits per heavy atom. The van der Waals surface area contributed by atoms with Crippen LogP contribution in [0.3, 0.4) is 0 Å². The summed E-state index contributed by atoms with van der Waals surface area (Å²) < 4.78 is 0. The lowest BCUT2D eigenvalue weighted by atomic mass is 10.2. The Morgan fingerprint density at radius 3 is 2.64 bits per heavy atom. The van der Waals surface area contributed by atoms with E-state index in [-0.39, 0.29) is 5.95 Å². The first-order valence-corrected chi connectivity index (χ1v) is 8.07. The molecule has 2 aromatic rings.